The monoisotopic (exact) mass is 348 g/mol. The fraction of sp³-hybridized carbons (Fsp3) is 0.579. The first-order valence-corrected chi connectivity index (χ1v) is 8.84. The van der Waals surface area contributed by atoms with E-state index in [4.69, 9.17) is 9.47 Å². The summed E-state index contributed by atoms with van der Waals surface area (Å²) in [6.45, 7) is 1.79. The fourth-order valence-electron chi connectivity index (χ4n) is 2.95. The molecule has 6 nitrogen and oxygen atoms in total. The van der Waals surface area contributed by atoms with Crippen LogP contribution in [0.3, 0.4) is 0 Å². The molecule has 1 aromatic rings. The molecule has 138 valence electrons. The van der Waals surface area contributed by atoms with Crippen molar-refractivity contribution in [3.05, 3.63) is 30.3 Å². The highest BCUT2D eigenvalue weighted by atomic mass is 16.5. The van der Waals surface area contributed by atoms with Gasteiger partial charge in [0.2, 0.25) is 5.91 Å². The number of hydrogen-bond donors (Lipinski definition) is 2. The summed E-state index contributed by atoms with van der Waals surface area (Å²) in [5.41, 5.74) is -1.10. The predicted octanol–water partition coefficient (Wildman–Crippen LogP) is 2.04. The summed E-state index contributed by atoms with van der Waals surface area (Å²) >= 11 is 0. The van der Waals surface area contributed by atoms with Gasteiger partial charge < -0.3 is 14.8 Å². The molecule has 2 rings (SSSR count). The third-order valence-corrected chi connectivity index (χ3v) is 4.52. The zero-order valence-corrected chi connectivity index (χ0v) is 15.0. The van der Waals surface area contributed by atoms with Crippen LogP contribution in [0.5, 0.6) is 5.75 Å². The molecule has 2 N–H and O–H groups in total. The molecule has 1 atom stereocenters. The number of esters is 1. The third-order valence-electron chi connectivity index (χ3n) is 4.52. The van der Waals surface area contributed by atoms with Gasteiger partial charge in [0.15, 0.2) is 0 Å². The zero-order chi connectivity index (χ0) is 18.1. The maximum atomic E-state index is 12.2. The highest BCUT2D eigenvalue weighted by Crippen LogP contribution is 2.17. The van der Waals surface area contributed by atoms with Crippen LogP contribution < -0.4 is 15.4 Å². The van der Waals surface area contributed by atoms with Crippen LogP contribution in [0, 0.1) is 0 Å². The Hall–Kier alpha value is -2.08. The molecule has 25 heavy (non-hydrogen) atoms. The maximum Gasteiger partial charge on any atom is 0.329 e. The molecule has 0 bridgehead atoms. The number of amides is 1. The van der Waals surface area contributed by atoms with Gasteiger partial charge in [0.1, 0.15) is 17.9 Å². The Morgan fingerprint density at radius 2 is 1.84 bits per heavy atom. The van der Waals surface area contributed by atoms with Gasteiger partial charge in [-0.25, -0.2) is 4.79 Å². The molecule has 1 aliphatic carbocycles. The second kappa shape index (κ2) is 9.42. The summed E-state index contributed by atoms with van der Waals surface area (Å²) in [5.74, 6) is 0.0849. The average Bonchev–Trinajstić information content (AvgIpc) is 2.65. The molecule has 1 saturated carbocycles. The number of ether oxygens (including phenoxy) is 2. The van der Waals surface area contributed by atoms with Crippen molar-refractivity contribution in [2.45, 2.75) is 50.6 Å². The Morgan fingerprint density at radius 1 is 1.16 bits per heavy atom. The second-order valence-corrected chi connectivity index (χ2v) is 6.68. The average molecular weight is 348 g/mol. The molecule has 0 aromatic heterocycles. The van der Waals surface area contributed by atoms with Crippen molar-refractivity contribution in [3.63, 3.8) is 0 Å². The van der Waals surface area contributed by atoms with Crippen LogP contribution in [0.1, 0.15) is 39.0 Å². The van der Waals surface area contributed by atoms with Crippen LogP contribution in [0.2, 0.25) is 0 Å². The zero-order valence-electron chi connectivity index (χ0n) is 15.0. The molecule has 1 fully saturated rings. The summed E-state index contributed by atoms with van der Waals surface area (Å²) in [4.78, 5) is 24.3. The first kappa shape index (κ1) is 19.2. The Balaban J connectivity index is 1.87. The van der Waals surface area contributed by atoms with Gasteiger partial charge in [-0.05, 0) is 31.9 Å². The van der Waals surface area contributed by atoms with Gasteiger partial charge in [-0.2, -0.15) is 0 Å². The summed E-state index contributed by atoms with van der Waals surface area (Å²) < 4.78 is 10.6. The third kappa shape index (κ3) is 6.05. The Morgan fingerprint density at radius 3 is 2.48 bits per heavy atom. The van der Waals surface area contributed by atoms with Crippen LogP contribution in [0.4, 0.5) is 0 Å². The van der Waals surface area contributed by atoms with Gasteiger partial charge >= 0.3 is 5.97 Å². The topological polar surface area (TPSA) is 76.7 Å². The van der Waals surface area contributed by atoms with Crippen LogP contribution in [0.25, 0.3) is 0 Å². The molecule has 6 heteroatoms. The van der Waals surface area contributed by atoms with Gasteiger partial charge in [0.05, 0.1) is 13.7 Å². The Bertz CT molecular complexity index is 558. The standard InChI is InChI=1S/C19H28N2O4/c1-19(18(23)24-2,14-25-16-11-7-4-8-12-16)20-13-17(22)21-15-9-5-3-6-10-15/h4,7-8,11-12,15,20H,3,5-6,9-10,13-14H2,1-2H3,(H,21,22)/t19-/m0/s1. The number of benzene rings is 1. The van der Waals surface area contributed by atoms with E-state index in [9.17, 15) is 9.59 Å². The van der Waals surface area contributed by atoms with E-state index in [1.54, 1.807) is 6.92 Å². The minimum Gasteiger partial charge on any atom is -0.491 e. The quantitative estimate of drug-likeness (QED) is 0.703. The molecule has 0 radical (unpaired) electrons. The van der Waals surface area contributed by atoms with E-state index in [0.717, 1.165) is 25.7 Å². The lowest BCUT2D eigenvalue weighted by Crippen LogP contribution is -2.57. The van der Waals surface area contributed by atoms with Crippen molar-refractivity contribution in [2.75, 3.05) is 20.3 Å². The van der Waals surface area contributed by atoms with Crippen LogP contribution in [-0.4, -0.2) is 43.7 Å². The fourth-order valence-corrected chi connectivity index (χ4v) is 2.95. The molecule has 0 unspecified atom stereocenters. The lowest BCUT2D eigenvalue weighted by molar-refractivity contribution is -0.149. The normalized spacial score (nSPS) is 17.4. The first-order chi connectivity index (χ1) is 12.0. The van der Waals surface area contributed by atoms with E-state index in [0.29, 0.717) is 5.75 Å². The summed E-state index contributed by atoms with van der Waals surface area (Å²) in [6.07, 6.45) is 5.60. The van der Waals surface area contributed by atoms with Gasteiger partial charge in [-0.1, -0.05) is 37.5 Å². The molecule has 0 aliphatic heterocycles. The second-order valence-electron chi connectivity index (χ2n) is 6.68. The predicted molar refractivity (Wildman–Crippen MR) is 95.4 cm³/mol. The molecule has 0 heterocycles. The van der Waals surface area contributed by atoms with Gasteiger partial charge in [-0.15, -0.1) is 0 Å². The lowest BCUT2D eigenvalue weighted by Gasteiger charge is -2.28. The van der Waals surface area contributed by atoms with Gasteiger partial charge in [0.25, 0.3) is 0 Å². The van der Waals surface area contributed by atoms with Crippen molar-refractivity contribution >= 4 is 11.9 Å². The molecular formula is C19H28N2O4. The van der Waals surface area contributed by atoms with Crippen molar-refractivity contribution < 1.29 is 19.1 Å². The van der Waals surface area contributed by atoms with E-state index < -0.39 is 11.5 Å². The number of para-hydroxylation sites is 1. The summed E-state index contributed by atoms with van der Waals surface area (Å²) in [5, 5.41) is 6.02. The minimum atomic E-state index is -1.10. The molecule has 1 aliphatic rings. The number of carbonyl (C=O) groups is 2. The highest BCUT2D eigenvalue weighted by molar-refractivity contribution is 5.83. The summed E-state index contributed by atoms with van der Waals surface area (Å²) in [7, 11) is 1.33. The number of nitrogens with one attached hydrogen (secondary N) is 2. The highest BCUT2D eigenvalue weighted by Gasteiger charge is 2.36. The summed E-state index contributed by atoms with van der Waals surface area (Å²) in [6, 6.07) is 9.47. The van der Waals surface area contributed by atoms with Crippen molar-refractivity contribution in [3.8, 4) is 5.75 Å². The lowest BCUT2D eigenvalue weighted by atomic mass is 9.95. The number of rotatable bonds is 8. The van der Waals surface area contributed by atoms with E-state index in [1.165, 1.54) is 13.5 Å². The van der Waals surface area contributed by atoms with Crippen molar-refractivity contribution in [2.24, 2.45) is 0 Å². The molecule has 1 aromatic carbocycles. The molecule has 1 amide bonds. The van der Waals surface area contributed by atoms with Crippen LogP contribution in [-0.2, 0) is 14.3 Å². The van der Waals surface area contributed by atoms with Crippen LogP contribution >= 0.6 is 0 Å². The minimum absolute atomic E-state index is 0.0419. The maximum absolute atomic E-state index is 12.2. The Labute approximate surface area is 149 Å². The van der Waals surface area contributed by atoms with Gasteiger partial charge in [-0.3, -0.25) is 10.1 Å². The van der Waals surface area contributed by atoms with E-state index in [2.05, 4.69) is 10.6 Å². The van der Waals surface area contributed by atoms with E-state index in [1.807, 2.05) is 30.3 Å². The largest absolute Gasteiger partial charge is 0.491 e. The molecule has 0 spiro atoms. The van der Waals surface area contributed by atoms with E-state index in [-0.39, 0.29) is 25.1 Å². The molecular weight excluding hydrogens is 320 g/mol. The Kier molecular flexibility index (Phi) is 7.25. The smallest absolute Gasteiger partial charge is 0.329 e. The van der Waals surface area contributed by atoms with Crippen LogP contribution in [0.15, 0.2) is 30.3 Å². The van der Waals surface area contributed by atoms with E-state index >= 15 is 0 Å². The number of carbonyl (C=O) groups excluding carboxylic acids is 2. The van der Waals surface area contributed by atoms with Gasteiger partial charge in [0, 0.05) is 6.04 Å². The van der Waals surface area contributed by atoms with Crippen molar-refractivity contribution in [1.29, 1.82) is 0 Å². The molecule has 0 saturated heterocycles. The number of hydrogen-bond acceptors (Lipinski definition) is 5. The number of methoxy groups -OCH3 is 1. The SMILES string of the molecule is COC(=O)[C@](C)(COc1ccccc1)NCC(=O)NC1CCCCC1. The first-order valence-electron chi connectivity index (χ1n) is 8.84. The van der Waals surface area contributed by atoms with Crippen molar-refractivity contribution in [1.82, 2.24) is 10.6 Å².